The van der Waals surface area contributed by atoms with E-state index in [0.29, 0.717) is 44.3 Å². The minimum absolute atomic E-state index is 0.0226. The van der Waals surface area contributed by atoms with Gasteiger partial charge in [-0.15, -0.1) is 0 Å². The zero-order valence-corrected chi connectivity index (χ0v) is 38.8. The molecule has 7 amide bonds. The lowest BCUT2D eigenvalue weighted by atomic mass is 9.89. The van der Waals surface area contributed by atoms with Gasteiger partial charge in [-0.3, -0.25) is 43.4 Å². The lowest BCUT2D eigenvalue weighted by Gasteiger charge is -2.41. The van der Waals surface area contributed by atoms with Gasteiger partial charge >= 0.3 is 0 Å². The van der Waals surface area contributed by atoms with E-state index in [0.717, 1.165) is 22.2 Å². The van der Waals surface area contributed by atoms with Crippen LogP contribution in [-0.4, -0.2) is 131 Å². The van der Waals surface area contributed by atoms with Crippen LogP contribution in [0.25, 0.3) is 10.9 Å². The summed E-state index contributed by atoms with van der Waals surface area (Å²) in [7, 11) is 4.75. The van der Waals surface area contributed by atoms with E-state index in [4.69, 9.17) is 9.47 Å². The van der Waals surface area contributed by atoms with Gasteiger partial charge in [-0.25, -0.2) is 0 Å². The average molecular weight is 876 g/mol. The fraction of sp³-hybridized carbons (Fsp3) is 0.617. The molecule has 1 aromatic heterocycles. The Kier molecular flexibility index (Phi) is 18.4. The molecule has 16 heteroatoms. The normalized spacial score (nSPS) is 18.2. The first-order chi connectivity index (χ1) is 29.8. The number of rotatable bonds is 23. The predicted octanol–water partition coefficient (Wildman–Crippen LogP) is 4.61. The van der Waals surface area contributed by atoms with Gasteiger partial charge in [0.25, 0.3) is 11.8 Å². The van der Waals surface area contributed by atoms with Crippen molar-refractivity contribution in [3.63, 3.8) is 0 Å². The number of likely N-dealkylation sites (N-methyl/N-ethyl adjacent to an activating group) is 1. The molecule has 0 bridgehead atoms. The number of fused-ring (bicyclic) bond motifs is 1. The van der Waals surface area contributed by atoms with Crippen LogP contribution in [0.4, 0.5) is 5.69 Å². The summed E-state index contributed by atoms with van der Waals surface area (Å²) in [6.07, 6.45) is 6.77. The molecule has 346 valence electrons. The number of imide groups is 1. The van der Waals surface area contributed by atoms with Gasteiger partial charge < -0.3 is 35.2 Å². The van der Waals surface area contributed by atoms with Crippen LogP contribution in [0.15, 0.2) is 48.7 Å². The molecule has 7 unspecified atom stereocenters. The highest BCUT2D eigenvalue weighted by atomic mass is 16.5. The number of ether oxygens (including phenoxy) is 2. The fourth-order valence-corrected chi connectivity index (χ4v) is 8.62. The van der Waals surface area contributed by atoms with E-state index >= 15 is 0 Å². The van der Waals surface area contributed by atoms with Gasteiger partial charge in [0, 0.05) is 70.2 Å². The first-order valence-electron chi connectivity index (χ1n) is 22.3. The second-order valence-corrected chi connectivity index (χ2v) is 17.8. The largest absolute Gasteiger partial charge is 0.379 e. The number of amides is 7. The van der Waals surface area contributed by atoms with Gasteiger partial charge in [0.15, 0.2) is 0 Å². The van der Waals surface area contributed by atoms with Crippen LogP contribution in [0.1, 0.15) is 99.8 Å². The molecule has 0 spiro atoms. The van der Waals surface area contributed by atoms with Gasteiger partial charge in [-0.1, -0.05) is 53.5 Å². The first kappa shape index (κ1) is 50.4. The lowest BCUT2D eigenvalue weighted by molar-refractivity contribution is -0.147. The first-order valence-corrected chi connectivity index (χ1v) is 22.3. The van der Waals surface area contributed by atoms with Gasteiger partial charge in [0.05, 0.1) is 42.1 Å². The highest BCUT2D eigenvalue weighted by molar-refractivity contribution is 6.12. The predicted molar refractivity (Wildman–Crippen MR) is 240 cm³/mol. The molecule has 1 aromatic carbocycles. The Labute approximate surface area is 372 Å². The van der Waals surface area contributed by atoms with E-state index in [9.17, 15) is 33.6 Å². The topological polar surface area (TPSA) is 197 Å². The van der Waals surface area contributed by atoms with Crippen LogP contribution >= 0.6 is 0 Å². The van der Waals surface area contributed by atoms with E-state index in [1.807, 2.05) is 58.0 Å². The molecule has 4 rings (SSSR count). The van der Waals surface area contributed by atoms with Crippen LogP contribution in [0.2, 0.25) is 0 Å². The van der Waals surface area contributed by atoms with Crippen LogP contribution in [0.3, 0.4) is 0 Å². The quantitative estimate of drug-likeness (QED) is 0.105. The number of carbonyl (C=O) groups excluding carboxylic acids is 7. The molecular weight excluding hydrogens is 807 g/mol. The zero-order valence-electron chi connectivity index (χ0n) is 38.8. The van der Waals surface area contributed by atoms with Crippen molar-refractivity contribution >= 4 is 57.9 Å². The molecule has 3 N–H and O–H groups in total. The summed E-state index contributed by atoms with van der Waals surface area (Å²) < 4.78 is 12.0. The van der Waals surface area contributed by atoms with Crippen molar-refractivity contribution < 1.29 is 43.0 Å². The van der Waals surface area contributed by atoms with Crippen LogP contribution in [0, 0.1) is 17.8 Å². The van der Waals surface area contributed by atoms with Gasteiger partial charge in [0.1, 0.15) is 11.6 Å². The molecule has 7 atom stereocenters. The molecule has 0 radical (unpaired) electrons. The number of benzene rings is 1. The number of carbonyl (C=O) groups is 7. The summed E-state index contributed by atoms with van der Waals surface area (Å²) in [4.78, 5) is 101. The Morgan fingerprint density at radius 2 is 1.67 bits per heavy atom. The number of hydrogen-bond donors (Lipinski definition) is 3. The maximum atomic E-state index is 14.4. The summed E-state index contributed by atoms with van der Waals surface area (Å²) in [6, 6.07) is 7.46. The highest BCUT2D eigenvalue weighted by Gasteiger charge is 2.43. The molecule has 0 aliphatic carbocycles. The Bertz CT molecular complexity index is 1970. The molecule has 0 saturated carbocycles. The number of aromatic nitrogens is 1. The summed E-state index contributed by atoms with van der Waals surface area (Å²) in [5, 5.41) is 9.59. The van der Waals surface area contributed by atoms with Gasteiger partial charge in [-0.2, -0.15) is 0 Å². The molecule has 63 heavy (non-hydrogen) atoms. The van der Waals surface area contributed by atoms with E-state index in [2.05, 4.69) is 20.9 Å². The third kappa shape index (κ3) is 12.9. The summed E-state index contributed by atoms with van der Waals surface area (Å²) in [5.74, 6) is -3.32. The number of likely N-dealkylation sites (tertiary alicyclic amines) is 1. The van der Waals surface area contributed by atoms with Crippen molar-refractivity contribution in [2.75, 3.05) is 39.7 Å². The molecule has 3 heterocycles. The van der Waals surface area contributed by atoms with E-state index < -0.39 is 41.7 Å². The minimum Gasteiger partial charge on any atom is -0.379 e. The monoisotopic (exact) mass is 876 g/mol. The Balaban J connectivity index is 1.38. The second-order valence-electron chi connectivity index (χ2n) is 17.8. The second kappa shape index (κ2) is 22.9. The molecular formula is C47H69N7O9. The fourth-order valence-electron chi connectivity index (χ4n) is 8.62. The van der Waals surface area contributed by atoms with Crippen LogP contribution in [-0.2, 0) is 43.0 Å². The summed E-state index contributed by atoms with van der Waals surface area (Å²) >= 11 is 0. The molecule has 2 aliphatic heterocycles. The number of methoxy groups -OCH3 is 2. The highest BCUT2D eigenvalue weighted by Crippen LogP contribution is 2.30. The van der Waals surface area contributed by atoms with E-state index in [1.54, 1.807) is 50.9 Å². The van der Waals surface area contributed by atoms with Crippen molar-refractivity contribution in [1.29, 1.82) is 0 Å². The van der Waals surface area contributed by atoms with Crippen molar-refractivity contribution in [1.82, 2.24) is 30.3 Å². The van der Waals surface area contributed by atoms with Gasteiger partial charge in [-0.05, 0) is 75.6 Å². The van der Waals surface area contributed by atoms with Crippen molar-refractivity contribution in [2.45, 2.75) is 136 Å². The number of nitrogens with zero attached hydrogens (tertiary/aromatic N) is 4. The Morgan fingerprint density at radius 3 is 2.30 bits per heavy atom. The van der Waals surface area contributed by atoms with Crippen molar-refractivity contribution in [3.8, 4) is 0 Å². The maximum Gasteiger partial charge on any atom is 0.253 e. The van der Waals surface area contributed by atoms with E-state index in [1.165, 1.54) is 19.3 Å². The Hall–Kier alpha value is -5.22. The zero-order chi connectivity index (χ0) is 46.6. The summed E-state index contributed by atoms with van der Waals surface area (Å²) in [6.45, 7) is 13.4. The standard InChI is InChI=1S/C47H69N7O9/c1-11-30(4)42(52(8)45(60)41(29(2)3)50-46(61)47(6,7)51-37(55)19-13-12-14-25-54-38(56)22-23-39(54)57)36(62-9)28-40(58)53-26-16-18-35(53)43(63-10)31(5)44(59)49-33-20-21-34-32(27-33)17-15-24-48-34/h15,17,20-24,27,29-31,35-36,41-43H,11-14,16,18-19,25-26,28H2,1-10H3,(H,49,59)(H,50,61)(H,51,55). The minimum atomic E-state index is -1.35. The smallest absolute Gasteiger partial charge is 0.253 e. The molecule has 2 aromatic rings. The molecule has 16 nitrogen and oxygen atoms in total. The third-order valence-corrected chi connectivity index (χ3v) is 12.6. The SMILES string of the molecule is CCC(C)C(C(CC(=O)N1CCCC1C(OC)C(C)C(=O)Nc1ccc2ncccc2c1)OC)N(C)C(=O)C(NC(=O)C(C)(C)NC(=O)CCCCCN1C(=O)C=CC1=O)C(C)C. The number of hydrogen-bond acceptors (Lipinski definition) is 10. The number of unbranched alkanes of at least 4 members (excludes halogenated alkanes) is 2. The number of anilines is 1. The molecule has 1 saturated heterocycles. The van der Waals surface area contributed by atoms with Gasteiger partial charge in [0.2, 0.25) is 29.5 Å². The number of pyridine rings is 1. The maximum absolute atomic E-state index is 14.4. The van der Waals surface area contributed by atoms with Crippen molar-refractivity contribution in [3.05, 3.63) is 48.7 Å². The summed E-state index contributed by atoms with van der Waals surface area (Å²) in [5.41, 5.74) is 0.112. The van der Waals surface area contributed by atoms with Crippen LogP contribution < -0.4 is 16.0 Å². The van der Waals surface area contributed by atoms with Crippen molar-refractivity contribution in [2.24, 2.45) is 17.8 Å². The number of nitrogens with one attached hydrogen (secondary N) is 3. The Morgan fingerprint density at radius 1 is 0.968 bits per heavy atom. The third-order valence-electron chi connectivity index (χ3n) is 12.6. The lowest BCUT2D eigenvalue weighted by Crippen LogP contribution is -2.62. The molecule has 2 aliphatic rings. The molecule has 1 fully saturated rings. The van der Waals surface area contributed by atoms with Crippen LogP contribution in [0.5, 0.6) is 0 Å². The average Bonchev–Trinajstić information content (AvgIpc) is 3.87. The van der Waals surface area contributed by atoms with E-state index in [-0.39, 0.29) is 72.7 Å².